The van der Waals surface area contributed by atoms with Crippen LogP contribution in [0.3, 0.4) is 0 Å². The van der Waals surface area contributed by atoms with Gasteiger partial charge in [0.15, 0.2) is 6.61 Å². The number of anilines is 1. The second-order valence-corrected chi connectivity index (χ2v) is 3.90. The highest BCUT2D eigenvalue weighted by atomic mass is 19.4. The molecule has 0 heterocycles. The van der Waals surface area contributed by atoms with Crippen molar-refractivity contribution in [1.29, 1.82) is 0 Å². The van der Waals surface area contributed by atoms with Gasteiger partial charge in [-0.2, -0.15) is 13.2 Å². The lowest BCUT2D eigenvalue weighted by Crippen LogP contribution is -2.29. The van der Waals surface area contributed by atoms with E-state index in [9.17, 15) is 22.8 Å². The number of rotatable bonds is 5. The van der Waals surface area contributed by atoms with Crippen molar-refractivity contribution in [3.63, 3.8) is 0 Å². The number of nitrogens with one attached hydrogen (secondary N) is 1. The molecule has 0 saturated heterocycles. The summed E-state index contributed by atoms with van der Waals surface area (Å²) in [5.41, 5.74) is 0.0505. The Morgan fingerprint density at radius 3 is 2.59 bits per heavy atom. The molecule has 1 N–H and O–H groups in total. The standard InChI is InChI=1S/C14H12F3NO4/c1-3-9-5-6-10(18-13(20)14(15,16)17)7-11(9)22-8-12(19)21-4-2/h1,5-7H,4,8H2,2H3,(H,18,20). The Labute approximate surface area is 124 Å². The van der Waals surface area contributed by atoms with Crippen LogP contribution in [0.2, 0.25) is 0 Å². The molecule has 0 radical (unpaired) electrons. The zero-order valence-corrected chi connectivity index (χ0v) is 11.5. The maximum absolute atomic E-state index is 12.2. The van der Waals surface area contributed by atoms with Crippen molar-refractivity contribution in [1.82, 2.24) is 0 Å². The number of terminal acetylenes is 1. The zero-order valence-electron chi connectivity index (χ0n) is 11.5. The van der Waals surface area contributed by atoms with E-state index in [4.69, 9.17) is 11.2 Å². The van der Waals surface area contributed by atoms with Gasteiger partial charge in [0.05, 0.1) is 12.2 Å². The average Bonchev–Trinajstić information content (AvgIpc) is 2.44. The first-order valence-corrected chi connectivity index (χ1v) is 6.05. The van der Waals surface area contributed by atoms with E-state index in [-0.39, 0.29) is 23.6 Å². The quantitative estimate of drug-likeness (QED) is 0.668. The molecule has 22 heavy (non-hydrogen) atoms. The van der Waals surface area contributed by atoms with Crippen LogP contribution in [0.15, 0.2) is 18.2 Å². The summed E-state index contributed by atoms with van der Waals surface area (Å²) in [6.45, 7) is 1.31. The normalized spacial score (nSPS) is 10.5. The molecular formula is C14H12F3NO4. The van der Waals surface area contributed by atoms with E-state index in [0.717, 1.165) is 6.07 Å². The first kappa shape index (κ1) is 17.4. The topological polar surface area (TPSA) is 64.6 Å². The molecule has 5 nitrogen and oxygen atoms in total. The summed E-state index contributed by atoms with van der Waals surface area (Å²) >= 11 is 0. The third-order valence-corrected chi connectivity index (χ3v) is 2.30. The molecule has 0 aromatic heterocycles. The number of esters is 1. The molecule has 0 aliphatic heterocycles. The lowest BCUT2D eigenvalue weighted by Gasteiger charge is -2.12. The van der Waals surface area contributed by atoms with Crippen molar-refractivity contribution in [2.24, 2.45) is 0 Å². The van der Waals surface area contributed by atoms with Crippen molar-refractivity contribution in [2.45, 2.75) is 13.1 Å². The van der Waals surface area contributed by atoms with Gasteiger partial charge in [-0.1, -0.05) is 5.92 Å². The highest BCUT2D eigenvalue weighted by molar-refractivity contribution is 5.95. The van der Waals surface area contributed by atoms with Gasteiger partial charge in [0.25, 0.3) is 0 Å². The van der Waals surface area contributed by atoms with Crippen LogP contribution in [0, 0.1) is 12.3 Å². The fourth-order valence-corrected chi connectivity index (χ4v) is 1.38. The molecule has 0 saturated carbocycles. The zero-order chi connectivity index (χ0) is 16.8. The number of carbonyl (C=O) groups is 2. The van der Waals surface area contributed by atoms with E-state index in [2.05, 4.69) is 10.7 Å². The smallest absolute Gasteiger partial charge is 0.471 e. The predicted molar refractivity (Wildman–Crippen MR) is 71.2 cm³/mol. The van der Waals surface area contributed by atoms with E-state index in [1.807, 2.05) is 0 Å². The monoisotopic (exact) mass is 315 g/mol. The summed E-state index contributed by atoms with van der Waals surface area (Å²) in [6.07, 6.45) is 0.206. The van der Waals surface area contributed by atoms with E-state index >= 15 is 0 Å². The van der Waals surface area contributed by atoms with E-state index < -0.39 is 24.7 Å². The molecule has 0 aliphatic carbocycles. The van der Waals surface area contributed by atoms with Crippen molar-refractivity contribution in [3.05, 3.63) is 23.8 Å². The fraction of sp³-hybridized carbons (Fsp3) is 0.286. The minimum atomic E-state index is -5.02. The SMILES string of the molecule is C#Cc1ccc(NC(=O)C(F)(F)F)cc1OCC(=O)OCC. The molecule has 8 heteroatoms. The van der Waals surface area contributed by atoms with Crippen LogP contribution >= 0.6 is 0 Å². The van der Waals surface area contributed by atoms with Crippen LogP contribution < -0.4 is 10.1 Å². The Morgan fingerprint density at radius 2 is 2.05 bits per heavy atom. The Balaban J connectivity index is 2.87. The third-order valence-electron chi connectivity index (χ3n) is 2.30. The Morgan fingerprint density at radius 1 is 1.36 bits per heavy atom. The Kier molecular flexibility index (Phi) is 5.81. The maximum Gasteiger partial charge on any atom is 0.471 e. The molecule has 0 atom stereocenters. The molecule has 0 spiro atoms. The molecule has 0 aliphatic rings. The molecule has 1 aromatic rings. The largest absolute Gasteiger partial charge is 0.481 e. The Bertz CT molecular complexity index is 605. The number of carbonyl (C=O) groups excluding carboxylic acids is 2. The summed E-state index contributed by atoms with van der Waals surface area (Å²) < 4.78 is 46.3. The molecule has 0 fully saturated rings. The highest BCUT2D eigenvalue weighted by Gasteiger charge is 2.38. The van der Waals surface area contributed by atoms with Crippen LogP contribution in [0.5, 0.6) is 5.75 Å². The van der Waals surface area contributed by atoms with Gasteiger partial charge in [-0.25, -0.2) is 4.79 Å². The van der Waals surface area contributed by atoms with Crippen LogP contribution in [-0.2, 0) is 14.3 Å². The van der Waals surface area contributed by atoms with Crippen molar-refractivity contribution in [2.75, 3.05) is 18.5 Å². The first-order valence-electron chi connectivity index (χ1n) is 6.05. The van der Waals surface area contributed by atoms with Crippen LogP contribution in [0.1, 0.15) is 12.5 Å². The van der Waals surface area contributed by atoms with Crippen LogP contribution in [-0.4, -0.2) is 31.3 Å². The molecule has 1 rings (SSSR count). The summed E-state index contributed by atoms with van der Waals surface area (Å²) in [4.78, 5) is 22.1. The number of amides is 1. The van der Waals surface area contributed by atoms with Gasteiger partial charge in [0.2, 0.25) is 0 Å². The fourth-order valence-electron chi connectivity index (χ4n) is 1.38. The van der Waals surface area contributed by atoms with Crippen LogP contribution in [0.4, 0.5) is 18.9 Å². The second kappa shape index (κ2) is 7.36. The van der Waals surface area contributed by atoms with Crippen LogP contribution in [0.25, 0.3) is 0 Å². The minimum absolute atomic E-state index is 0.0180. The number of benzene rings is 1. The molecule has 1 amide bonds. The number of hydrogen-bond donors (Lipinski definition) is 1. The Hall–Kier alpha value is -2.69. The molecular weight excluding hydrogens is 303 g/mol. The summed E-state index contributed by atoms with van der Waals surface area (Å²) in [6, 6.07) is 3.57. The minimum Gasteiger partial charge on any atom is -0.481 e. The number of ether oxygens (including phenoxy) is 2. The third kappa shape index (κ3) is 5.01. The molecule has 1 aromatic carbocycles. The van der Waals surface area contributed by atoms with Gasteiger partial charge >= 0.3 is 18.1 Å². The van der Waals surface area contributed by atoms with Gasteiger partial charge < -0.3 is 14.8 Å². The molecule has 0 unspecified atom stereocenters. The van der Waals surface area contributed by atoms with Crippen molar-refractivity contribution in [3.8, 4) is 18.1 Å². The molecule has 118 valence electrons. The lowest BCUT2D eigenvalue weighted by molar-refractivity contribution is -0.167. The van der Waals surface area contributed by atoms with E-state index in [1.54, 1.807) is 12.2 Å². The van der Waals surface area contributed by atoms with Crippen molar-refractivity contribution < 1.29 is 32.2 Å². The van der Waals surface area contributed by atoms with Crippen molar-refractivity contribution >= 4 is 17.6 Å². The first-order chi connectivity index (χ1) is 10.3. The van der Waals surface area contributed by atoms with E-state index in [0.29, 0.717) is 0 Å². The van der Waals surface area contributed by atoms with Gasteiger partial charge in [0.1, 0.15) is 5.75 Å². The number of alkyl halides is 3. The lowest BCUT2D eigenvalue weighted by atomic mass is 10.2. The van der Waals surface area contributed by atoms with E-state index in [1.165, 1.54) is 12.1 Å². The average molecular weight is 315 g/mol. The highest BCUT2D eigenvalue weighted by Crippen LogP contribution is 2.25. The maximum atomic E-state index is 12.2. The van der Waals surface area contributed by atoms with Gasteiger partial charge in [-0.3, -0.25) is 4.79 Å². The number of halogens is 3. The summed E-state index contributed by atoms with van der Waals surface area (Å²) in [7, 11) is 0. The number of hydrogen-bond acceptors (Lipinski definition) is 4. The summed E-state index contributed by atoms with van der Waals surface area (Å²) in [5.74, 6) is -0.553. The second-order valence-electron chi connectivity index (χ2n) is 3.90. The van der Waals surface area contributed by atoms with Gasteiger partial charge in [-0.15, -0.1) is 6.42 Å². The summed E-state index contributed by atoms with van der Waals surface area (Å²) in [5, 5.41) is 1.66. The predicted octanol–water partition coefficient (Wildman–Crippen LogP) is 2.11. The molecule has 0 bridgehead atoms. The van der Waals surface area contributed by atoms with Gasteiger partial charge in [0, 0.05) is 11.8 Å². The van der Waals surface area contributed by atoms with Gasteiger partial charge in [-0.05, 0) is 19.1 Å².